The zero-order valence-corrected chi connectivity index (χ0v) is 11.2. The van der Waals surface area contributed by atoms with E-state index < -0.39 is 0 Å². The summed E-state index contributed by atoms with van der Waals surface area (Å²) in [6, 6.07) is 0. The summed E-state index contributed by atoms with van der Waals surface area (Å²) >= 11 is 6.06. The molecule has 0 unspecified atom stereocenters. The van der Waals surface area contributed by atoms with Gasteiger partial charge in [-0.2, -0.15) is 5.10 Å². The maximum atomic E-state index is 11.9. The lowest BCUT2D eigenvalue weighted by Gasteiger charge is -2.41. The van der Waals surface area contributed by atoms with Crippen molar-refractivity contribution >= 4 is 17.3 Å². The number of nitrogens with zero attached hydrogens (tertiary/aromatic N) is 2. The first kappa shape index (κ1) is 13.4. The Morgan fingerprint density at radius 2 is 2.33 bits per heavy atom. The summed E-state index contributed by atoms with van der Waals surface area (Å²) in [6.45, 7) is 2.58. The molecule has 100 valence electrons. The fraction of sp³-hybridized carbons (Fsp3) is 0.667. The lowest BCUT2D eigenvalue weighted by Crippen LogP contribution is -2.48. The van der Waals surface area contributed by atoms with Gasteiger partial charge >= 0.3 is 0 Å². The summed E-state index contributed by atoms with van der Waals surface area (Å²) < 4.78 is 1.36. The van der Waals surface area contributed by atoms with Crippen LogP contribution >= 0.6 is 11.6 Å². The summed E-state index contributed by atoms with van der Waals surface area (Å²) in [5.74, 6) is 0. The molecule has 1 aliphatic rings. The summed E-state index contributed by atoms with van der Waals surface area (Å²) in [7, 11) is 0. The highest BCUT2D eigenvalue weighted by atomic mass is 35.5. The molecule has 0 spiro atoms. The molecule has 1 aromatic rings. The number of halogens is 1. The summed E-state index contributed by atoms with van der Waals surface area (Å²) in [5, 5.41) is 16.8. The number of hydrogen-bond acceptors (Lipinski definition) is 4. The number of aromatic nitrogens is 2. The summed E-state index contributed by atoms with van der Waals surface area (Å²) in [4.78, 5) is 11.9. The molecule has 0 aromatic carbocycles. The number of aliphatic hydroxyl groups excluding tert-OH is 1. The first-order valence-electron chi connectivity index (χ1n) is 6.26. The Labute approximate surface area is 111 Å². The SMILES string of the molecule is CCCn1ncc(NC2(CO)CCC2)c(Cl)c1=O. The second-order valence-electron chi connectivity index (χ2n) is 4.82. The second kappa shape index (κ2) is 5.28. The van der Waals surface area contributed by atoms with Crippen molar-refractivity contribution in [2.24, 2.45) is 0 Å². The quantitative estimate of drug-likeness (QED) is 0.854. The van der Waals surface area contributed by atoms with Crippen LogP contribution in [0, 0.1) is 0 Å². The van der Waals surface area contributed by atoms with Crippen LogP contribution in [0.4, 0.5) is 5.69 Å². The third-order valence-electron chi connectivity index (χ3n) is 3.43. The smallest absolute Gasteiger partial charge is 0.287 e. The highest BCUT2D eigenvalue weighted by molar-refractivity contribution is 6.32. The highest BCUT2D eigenvalue weighted by Crippen LogP contribution is 2.35. The van der Waals surface area contributed by atoms with E-state index in [1.54, 1.807) is 6.20 Å². The van der Waals surface area contributed by atoms with E-state index >= 15 is 0 Å². The molecule has 6 heteroatoms. The van der Waals surface area contributed by atoms with E-state index in [-0.39, 0.29) is 22.7 Å². The van der Waals surface area contributed by atoms with Gasteiger partial charge in [-0.25, -0.2) is 4.68 Å². The Hall–Kier alpha value is -1.07. The molecule has 0 bridgehead atoms. The molecular formula is C12H18ClN3O2. The largest absolute Gasteiger partial charge is 0.394 e. The molecule has 0 atom stereocenters. The van der Waals surface area contributed by atoms with Crippen LogP contribution in [0.1, 0.15) is 32.6 Å². The zero-order chi connectivity index (χ0) is 13.2. The predicted octanol–water partition coefficient (Wildman–Crippen LogP) is 1.63. The first-order chi connectivity index (χ1) is 8.62. The van der Waals surface area contributed by atoms with Crippen LogP contribution in [0.15, 0.2) is 11.0 Å². The Morgan fingerprint density at radius 3 is 2.83 bits per heavy atom. The number of aryl methyl sites for hydroxylation is 1. The van der Waals surface area contributed by atoms with Crippen molar-refractivity contribution in [1.29, 1.82) is 0 Å². The number of rotatable bonds is 5. The fourth-order valence-corrected chi connectivity index (χ4v) is 2.33. The van der Waals surface area contributed by atoms with Gasteiger partial charge in [0.2, 0.25) is 0 Å². The Balaban J connectivity index is 2.24. The monoisotopic (exact) mass is 271 g/mol. The van der Waals surface area contributed by atoms with Gasteiger partial charge in [-0.1, -0.05) is 18.5 Å². The summed E-state index contributed by atoms with van der Waals surface area (Å²) in [5.41, 5.74) is -0.0898. The van der Waals surface area contributed by atoms with Crippen molar-refractivity contribution in [2.45, 2.75) is 44.7 Å². The topological polar surface area (TPSA) is 67.2 Å². The molecule has 0 amide bonds. The summed E-state index contributed by atoms with van der Waals surface area (Å²) in [6.07, 6.45) is 5.24. The van der Waals surface area contributed by atoms with E-state index in [0.29, 0.717) is 12.2 Å². The van der Waals surface area contributed by atoms with Crippen molar-refractivity contribution in [3.05, 3.63) is 21.6 Å². The molecular weight excluding hydrogens is 254 g/mol. The number of hydrogen-bond donors (Lipinski definition) is 2. The van der Waals surface area contributed by atoms with Gasteiger partial charge in [0.25, 0.3) is 5.56 Å². The molecule has 1 heterocycles. The third kappa shape index (κ3) is 2.37. The van der Waals surface area contributed by atoms with Crippen LogP contribution in [0.3, 0.4) is 0 Å². The van der Waals surface area contributed by atoms with Gasteiger partial charge in [0.1, 0.15) is 5.02 Å². The van der Waals surface area contributed by atoms with Crippen molar-refractivity contribution in [1.82, 2.24) is 9.78 Å². The van der Waals surface area contributed by atoms with E-state index in [1.165, 1.54) is 4.68 Å². The maximum absolute atomic E-state index is 11.9. The van der Waals surface area contributed by atoms with Crippen LogP contribution in [0.5, 0.6) is 0 Å². The molecule has 2 N–H and O–H groups in total. The normalized spacial score (nSPS) is 17.3. The van der Waals surface area contributed by atoms with Gasteiger partial charge in [-0.05, 0) is 25.7 Å². The molecule has 0 aliphatic heterocycles. The van der Waals surface area contributed by atoms with Crippen LogP contribution < -0.4 is 10.9 Å². The maximum Gasteiger partial charge on any atom is 0.287 e. The van der Waals surface area contributed by atoms with Crippen molar-refractivity contribution in [3.63, 3.8) is 0 Å². The minimum atomic E-state index is -0.325. The second-order valence-corrected chi connectivity index (χ2v) is 5.20. The van der Waals surface area contributed by atoms with Crippen molar-refractivity contribution < 1.29 is 5.11 Å². The molecule has 1 aliphatic carbocycles. The average molecular weight is 272 g/mol. The average Bonchev–Trinajstić information content (AvgIpc) is 2.33. The van der Waals surface area contributed by atoms with Gasteiger partial charge in [0, 0.05) is 6.54 Å². The number of nitrogens with one attached hydrogen (secondary N) is 1. The van der Waals surface area contributed by atoms with Crippen LogP contribution in [-0.2, 0) is 6.54 Å². The molecule has 1 aromatic heterocycles. The molecule has 2 rings (SSSR count). The molecule has 5 nitrogen and oxygen atoms in total. The van der Waals surface area contributed by atoms with Crippen LogP contribution in [0.25, 0.3) is 0 Å². The van der Waals surface area contributed by atoms with E-state index in [9.17, 15) is 9.90 Å². The van der Waals surface area contributed by atoms with E-state index in [0.717, 1.165) is 25.7 Å². The Morgan fingerprint density at radius 1 is 1.61 bits per heavy atom. The Bertz CT molecular complexity index is 477. The lowest BCUT2D eigenvalue weighted by atomic mass is 9.77. The van der Waals surface area contributed by atoms with Crippen LogP contribution in [-0.4, -0.2) is 27.0 Å². The van der Waals surface area contributed by atoms with Gasteiger partial charge in [0.15, 0.2) is 0 Å². The van der Waals surface area contributed by atoms with Crippen molar-refractivity contribution in [3.8, 4) is 0 Å². The molecule has 18 heavy (non-hydrogen) atoms. The van der Waals surface area contributed by atoms with Gasteiger partial charge in [0.05, 0.1) is 24.0 Å². The minimum Gasteiger partial charge on any atom is -0.394 e. The first-order valence-corrected chi connectivity index (χ1v) is 6.64. The standard InChI is InChI=1S/C12H18ClN3O2/c1-2-6-16-11(18)10(13)9(7-14-16)15-12(8-17)4-3-5-12/h7,15,17H,2-6,8H2,1H3. The van der Waals surface area contributed by atoms with Gasteiger partial charge in [-0.3, -0.25) is 4.79 Å². The van der Waals surface area contributed by atoms with Crippen molar-refractivity contribution in [2.75, 3.05) is 11.9 Å². The minimum absolute atomic E-state index is 0.0430. The van der Waals surface area contributed by atoms with Crippen LogP contribution in [0.2, 0.25) is 5.02 Å². The zero-order valence-electron chi connectivity index (χ0n) is 10.4. The molecule has 0 radical (unpaired) electrons. The van der Waals surface area contributed by atoms with E-state index in [1.807, 2.05) is 6.92 Å². The van der Waals surface area contributed by atoms with Gasteiger partial charge < -0.3 is 10.4 Å². The third-order valence-corrected chi connectivity index (χ3v) is 3.80. The Kier molecular flexibility index (Phi) is 3.92. The number of anilines is 1. The molecule has 1 saturated carbocycles. The molecule has 0 saturated heterocycles. The highest BCUT2D eigenvalue weighted by Gasteiger charge is 2.36. The molecule has 1 fully saturated rings. The lowest BCUT2D eigenvalue weighted by molar-refractivity contribution is 0.144. The van der Waals surface area contributed by atoms with E-state index in [2.05, 4.69) is 10.4 Å². The van der Waals surface area contributed by atoms with Gasteiger partial charge in [-0.15, -0.1) is 0 Å². The number of aliphatic hydroxyl groups is 1. The predicted molar refractivity (Wildman–Crippen MR) is 71.1 cm³/mol. The fourth-order valence-electron chi connectivity index (χ4n) is 2.14. The van der Waals surface area contributed by atoms with E-state index in [4.69, 9.17) is 11.6 Å².